The van der Waals surface area contributed by atoms with E-state index < -0.39 is 18.0 Å². The Labute approximate surface area is 187 Å². The van der Waals surface area contributed by atoms with Crippen molar-refractivity contribution in [3.8, 4) is 0 Å². The minimum Gasteiger partial charge on any atom is -0.467 e. The fourth-order valence-electron chi connectivity index (χ4n) is 3.73. The number of amides is 3. The first-order chi connectivity index (χ1) is 15.4. The molecule has 0 saturated carbocycles. The van der Waals surface area contributed by atoms with Gasteiger partial charge in [0.25, 0.3) is 0 Å². The van der Waals surface area contributed by atoms with Crippen LogP contribution >= 0.6 is 0 Å². The lowest BCUT2D eigenvalue weighted by molar-refractivity contribution is -0.139. The van der Waals surface area contributed by atoms with Gasteiger partial charge in [0.05, 0.1) is 25.1 Å². The molecule has 32 heavy (non-hydrogen) atoms. The van der Waals surface area contributed by atoms with E-state index in [0.717, 1.165) is 6.42 Å². The Kier molecular flexibility index (Phi) is 8.15. The zero-order valence-electron chi connectivity index (χ0n) is 18.9. The molecule has 2 aliphatic heterocycles. The van der Waals surface area contributed by atoms with E-state index in [1.807, 2.05) is 13.8 Å². The van der Waals surface area contributed by atoms with Crippen LogP contribution < -0.4 is 10.6 Å². The van der Waals surface area contributed by atoms with Gasteiger partial charge in [0.15, 0.2) is 0 Å². The summed E-state index contributed by atoms with van der Waals surface area (Å²) in [5.41, 5.74) is 0.795. The molecule has 10 nitrogen and oxygen atoms in total. The van der Waals surface area contributed by atoms with Crippen molar-refractivity contribution in [2.45, 2.75) is 33.2 Å². The number of urea groups is 1. The van der Waals surface area contributed by atoms with Crippen LogP contribution in [0.4, 0.5) is 9.59 Å². The van der Waals surface area contributed by atoms with Gasteiger partial charge in [0.2, 0.25) is 0 Å². The number of carbonyl (C=O) groups is 3. The Morgan fingerprint density at radius 3 is 2.72 bits per heavy atom. The Balaban J connectivity index is 1.75. The second-order valence-corrected chi connectivity index (χ2v) is 8.25. The van der Waals surface area contributed by atoms with Crippen LogP contribution in [0.2, 0.25) is 0 Å². The second-order valence-electron chi connectivity index (χ2n) is 8.25. The van der Waals surface area contributed by atoms with Crippen molar-refractivity contribution in [1.82, 2.24) is 20.4 Å². The average molecular weight is 449 g/mol. The highest BCUT2D eigenvalue weighted by atomic mass is 16.6. The first kappa shape index (κ1) is 23.6. The van der Waals surface area contributed by atoms with Gasteiger partial charge in [-0.1, -0.05) is 13.8 Å². The van der Waals surface area contributed by atoms with E-state index >= 15 is 0 Å². The Morgan fingerprint density at radius 1 is 1.22 bits per heavy atom. The molecule has 1 fully saturated rings. The summed E-state index contributed by atoms with van der Waals surface area (Å²) in [5, 5.41) is 5.51. The SMILES string of the molecule is CCOC(=O)C1=C(CN2CCCN(C(=O)OCC(C)C)CC2)NC(=O)NC1c1ccco1. The molecular weight excluding hydrogens is 416 g/mol. The number of esters is 1. The summed E-state index contributed by atoms with van der Waals surface area (Å²) in [5.74, 6) is 0.224. The molecule has 3 rings (SSSR count). The first-order valence-corrected chi connectivity index (χ1v) is 11.0. The van der Waals surface area contributed by atoms with Crippen molar-refractivity contribution in [2.75, 3.05) is 45.9 Å². The number of hydrogen-bond donors (Lipinski definition) is 2. The number of hydrogen-bond acceptors (Lipinski definition) is 7. The molecule has 3 heterocycles. The zero-order chi connectivity index (χ0) is 23.1. The fraction of sp³-hybridized carbons (Fsp3) is 0.591. The molecule has 1 atom stereocenters. The second kappa shape index (κ2) is 11.0. The third-order valence-electron chi connectivity index (χ3n) is 5.25. The van der Waals surface area contributed by atoms with Gasteiger partial charge in [-0.15, -0.1) is 0 Å². The number of nitrogens with zero attached hydrogens (tertiary/aromatic N) is 2. The molecule has 1 aromatic rings. The zero-order valence-corrected chi connectivity index (χ0v) is 18.9. The molecule has 0 spiro atoms. The maximum atomic E-state index is 12.8. The lowest BCUT2D eigenvalue weighted by Gasteiger charge is -2.30. The van der Waals surface area contributed by atoms with Crippen LogP contribution in [0.15, 0.2) is 34.1 Å². The maximum Gasteiger partial charge on any atom is 0.409 e. The molecule has 176 valence electrons. The predicted molar refractivity (Wildman–Crippen MR) is 116 cm³/mol. The van der Waals surface area contributed by atoms with E-state index in [1.165, 1.54) is 6.26 Å². The average Bonchev–Trinajstić information content (AvgIpc) is 3.18. The Bertz CT molecular complexity index is 835. The number of furan rings is 1. The molecule has 10 heteroatoms. The van der Waals surface area contributed by atoms with E-state index in [1.54, 1.807) is 24.0 Å². The summed E-state index contributed by atoms with van der Waals surface area (Å²) in [4.78, 5) is 41.3. The normalized spacial score (nSPS) is 19.9. The van der Waals surface area contributed by atoms with E-state index in [2.05, 4.69) is 15.5 Å². The van der Waals surface area contributed by atoms with Gasteiger partial charge in [-0.25, -0.2) is 14.4 Å². The van der Waals surface area contributed by atoms with Crippen molar-refractivity contribution in [3.05, 3.63) is 35.4 Å². The molecule has 2 N–H and O–H groups in total. The van der Waals surface area contributed by atoms with E-state index in [4.69, 9.17) is 13.9 Å². The summed E-state index contributed by atoms with van der Waals surface area (Å²) in [6, 6.07) is 2.26. The standard InChI is InChI=1S/C22H32N4O6/c1-4-30-20(27)18-16(23-21(28)24-19(18)17-7-5-12-31-17)13-25-8-6-9-26(11-10-25)22(29)32-14-15(2)3/h5,7,12,15,19H,4,6,8-11,13-14H2,1-3H3,(H2,23,24,28). The lowest BCUT2D eigenvalue weighted by atomic mass is 10.00. The number of carbonyl (C=O) groups excluding carboxylic acids is 3. The molecule has 0 radical (unpaired) electrons. The van der Waals surface area contributed by atoms with Crippen molar-refractivity contribution in [3.63, 3.8) is 0 Å². The lowest BCUT2D eigenvalue weighted by Crippen LogP contribution is -2.48. The van der Waals surface area contributed by atoms with Gasteiger partial charge in [-0.2, -0.15) is 0 Å². The Hall–Kier alpha value is -3.01. The van der Waals surface area contributed by atoms with Crippen LogP contribution in [0.3, 0.4) is 0 Å². The fourth-order valence-corrected chi connectivity index (χ4v) is 3.73. The van der Waals surface area contributed by atoms with Gasteiger partial charge in [0.1, 0.15) is 11.8 Å². The number of ether oxygens (including phenoxy) is 2. The monoisotopic (exact) mass is 448 g/mol. The van der Waals surface area contributed by atoms with Gasteiger partial charge < -0.3 is 29.4 Å². The molecule has 1 unspecified atom stereocenters. The first-order valence-electron chi connectivity index (χ1n) is 11.0. The molecule has 1 aromatic heterocycles. The third kappa shape index (κ3) is 6.03. The molecule has 0 aromatic carbocycles. The molecule has 1 saturated heterocycles. The summed E-state index contributed by atoms with van der Waals surface area (Å²) >= 11 is 0. The quantitative estimate of drug-likeness (QED) is 0.615. The van der Waals surface area contributed by atoms with Crippen LogP contribution in [-0.4, -0.2) is 73.8 Å². The third-order valence-corrected chi connectivity index (χ3v) is 5.25. The smallest absolute Gasteiger partial charge is 0.409 e. The molecular formula is C22H32N4O6. The summed E-state index contributed by atoms with van der Waals surface area (Å²) in [6.07, 6.45) is 1.94. The van der Waals surface area contributed by atoms with Crippen LogP contribution in [-0.2, 0) is 14.3 Å². The minimum atomic E-state index is -0.734. The van der Waals surface area contributed by atoms with Crippen molar-refractivity contribution < 1.29 is 28.3 Å². The van der Waals surface area contributed by atoms with E-state index in [-0.39, 0.29) is 18.6 Å². The van der Waals surface area contributed by atoms with Gasteiger partial charge in [0, 0.05) is 38.4 Å². The van der Waals surface area contributed by atoms with Crippen molar-refractivity contribution >= 4 is 18.1 Å². The number of rotatable bonds is 7. The molecule has 2 aliphatic rings. The van der Waals surface area contributed by atoms with Gasteiger partial charge in [-0.05, 0) is 31.4 Å². The number of nitrogens with one attached hydrogen (secondary N) is 2. The van der Waals surface area contributed by atoms with Crippen molar-refractivity contribution in [1.29, 1.82) is 0 Å². The highest BCUT2D eigenvalue weighted by Crippen LogP contribution is 2.28. The maximum absolute atomic E-state index is 12.8. The summed E-state index contributed by atoms with van der Waals surface area (Å²) < 4.78 is 16.1. The van der Waals surface area contributed by atoms with Crippen LogP contribution in [0.25, 0.3) is 0 Å². The largest absolute Gasteiger partial charge is 0.467 e. The minimum absolute atomic E-state index is 0.214. The topological polar surface area (TPSA) is 113 Å². The van der Waals surface area contributed by atoms with Crippen LogP contribution in [0, 0.1) is 5.92 Å². The highest BCUT2D eigenvalue weighted by molar-refractivity contribution is 5.95. The summed E-state index contributed by atoms with van der Waals surface area (Å²) in [6.45, 7) is 9.07. The van der Waals surface area contributed by atoms with E-state index in [0.29, 0.717) is 56.4 Å². The van der Waals surface area contributed by atoms with Gasteiger partial charge >= 0.3 is 18.1 Å². The Morgan fingerprint density at radius 2 is 2.03 bits per heavy atom. The molecule has 3 amide bonds. The van der Waals surface area contributed by atoms with Crippen molar-refractivity contribution in [2.24, 2.45) is 5.92 Å². The van der Waals surface area contributed by atoms with Crippen LogP contribution in [0.5, 0.6) is 0 Å². The molecule has 0 bridgehead atoms. The van der Waals surface area contributed by atoms with Gasteiger partial charge in [-0.3, -0.25) is 4.90 Å². The van der Waals surface area contributed by atoms with Crippen LogP contribution in [0.1, 0.15) is 39.0 Å². The molecule has 0 aliphatic carbocycles. The van der Waals surface area contributed by atoms with E-state index in [9.17, 15) is 14.4 Å². The summed E-state index contributed by atoms with van der Waals surface area (Å²) in [7, 11) is 0. The highest BCUT2D eigenvalue weighted by Gasteiger charge is 2.36. The predicted octanol–water partition coefficient (Wildman–Crippen LogP) is 2.25.